The van der Waals surface area contributed by atoms with Gasteiger partial charge in [-0.3, -0.25) is 4.98 Å². The number of hydrogen-bond donors (Lipinski definition) is 2. The van der Waals surface area contributed by atoms with Crippen LogP contribution in [0.3, 0.4) is 0 Å². The molecule has 5 nitrogen and oxygen atoms in total. The van der Waals surface area contributed by atoms with Crippen LogP contribution < -0.4 is 10.6 Å². The molecule has 0 radical (unpaired) electrons. The molecule has 1 aromatic carbocycles. The third-order valence-electron chi connectivity index (χ3n) is 4.13. The minimum atomic E-state index is 0.278. The minimum Gasteiger partial charge on any atom is -0.352 e. The van der Waals surface area contributed by atoms with Gasteiger partial charge in [0.25, 0.3) is 0 Å². The number of hydrogen-bond acceptors (Lipinski definition) is 5. The first-order valence-corrected chi connectivity index (χ1v) is 9.02. The molecule has 0 aliphatic rings. The van der Waals surface area contributed by atoms with Crippen molar-refractivity contribution in [3.8, 4) is 11.3 Å². The van der Waals surface area contributed by atoms with E-state index >= 15 is 0 Å². The Morgan fingerprint density at radius 1 is 1.15 bits per heavy atom. The van der Waals surface area contributed by atoms with E-state index in [4.69, 9.17) is 11.6 Å². The van der Waals surface area contributed by atoms with Crippen LogP contribution in [0.25, 0.3) is 11.3 Å². The Bertz CT molecular complexity index is 883. The first kappa shape index (κ1) is 18.1. The lowest BCUT2D eigenvalue weighted by molar-refractivity contribution is 0.753. The van der Waals surface area contributed by atoms with E-state index < -0.39 is 0 Å². The summed E-state index contributed by atoms with van der Waals surface area (Å²) >= 11 is 6.14. The molecular weight excluding hydrogens is 346 g/mol. The number of pyridine rings is 1. The second-order valence-electron chi connectivity index (χ2n) is 6.24. The van der Waals surface area contributed by atoms with Crippen molar-refractivity contribution in [2.75, 3.05) is 10.6 Å². The Balaban J connectivity index is 2.00. The average molecular weight is 368 g/mol. The van der Waals surface area contributed by atoms with Crippen molar-refractivity contribution in [3.63, 3.8) is 0 Å². The summed E-state index contributed by atoms with van der Waals surface area (Å²) in [5.74, 6) is 1.29. The van der Waals surface area contributed by atoms with Gasteiger partial charge in [-0.25, -0.2) is 4.98 Å². The van der Waals surface area contributed by atoms with Gasteiger partial charge in [0.1, 0.15) is 5.82 Å². The van der Waals surface area contributed by atoms with Crippen molar-refractivity contribution in [1.29, 1.82) is 0 Å². The molecule has 0 fully saturated rings. The number of halogens is 1. The van der Waals surface area contributed by atoms with Crippen LogP contribution in [-0.2, 0) is 0 Å². The Labute approximate surface area is 158 Å². The fraction of sp³-hybridized carbons (Fsp3) is 0.250. The van der Waals surface area contributed by atoms with Crippen molar-refractivity contribution in [3.05, 3.63) is 59.4 Å². The van der Waals surface area contributed by atoms with Crippen molar-refractivity contribution in [1.82, 2.24) is 15.0 Å². The second kappa shape index (κ2) is 8.15. The van der Waals surface area contributed by atoms with Crippen molar-refractivity contribution >= 4 is 29.1 Å². The minimum absolute atomic E-state index is 0.278. The highest BCUT2D eigenvalue weighted by atomic mass is 35.5. The van der Waals surface area contributed by atoms with Gasteiger partial charge in [-0.15, -0.1) is 0 Å². The van der Waals surface area contributed by atoms with Gasteiger partial charge in [0.2, 0.25) is 5.95 Å². The summed E-state index contributed by atoms with van der Waals surface area (Å²) < 4.78 is 0. The van der Waals surface area contributed by atoms with Gasteiger partial charge in [0.05, 0.1) is 5.69 Å². The molecule has 2 aromatic heterocycles. The van der Waals surface area contributed by atoms with Crippen molar-refractivity contribution in [2.24, 2.45) is 0 Å². The highest BCUT2D eigenvalue weighted by molar-refractivity contribution is 6.30. The normalized spacial score (nSPS) is 11.8. The molecule has 134 valence electrons. The molecule has 0 saturated heterocycles. The zero-order valence-corrected chi connectivity index (χ0v) is 15.9. The lowest BCUT2D eigenvalue weighted by Gasteiger charge is -2.15. The molecule has 0 aliphatic carbocycles. The summed E-state index contributed by atoms with van der Waals surface area (Å²) in [6.45, 7) is 6.26. The monoisotopic (exact) mass is 367 g/mol. The summed E-state index contributed by atoms with van der Waals surface area (Å²) in [6.07, 6.45) is 4.53. The van der Waals surface area contributed by atoms with Crippen LogP contribution in [0.1, 0.15) is 25.8 Å². The number of nitrogens with one attached hydrogen (secondary N) is 2. The van der Waals surface area contributed by atoms with Gasteiger partial charge in [-0.1, -0.05) is 24.6 Å². The number of rotatable bonds is 6. The van der Waals surface area contributed by atoms with Gasteiger partial charge in [0, 0.05) is 40.8 Å². The molecule has 0 aliphatic heterocycles. The maximum absolute atomic E-state index is 6.14. The van der Waals surface area contributed by atoms with Gasteiger partial charge in [-0.2, -0.15) is 4.98 Å². The Kier molecular flexibility index (Phi) is 5.68. The molecule has 0 saturated carbocycles. The van der Waals surface area contributed by atoms with E-state index in [2.05, 4.69) is 39.4 Å². The molecule has 1 atom stereocenters. The van der Waals surface area contributed by atoms with E-state index in [0.717, 1.165) is 28.9 Å². The predicted molar refractivity (Wildman–Crippen MR) is 108 cm³/mol. The standard InChI is InChI=1S/C20H22ClN5/c1-4-14(3)23-20-25-18(15-6-5-9-22-12-15)11-19(26-20)24-17-10-16(21)8-7-13(17)2/h5-12,14H,4H2,1-3H3,(H2,23,24,25,26)/t14-/m1/s1. The fourth-order valence-corrected chi connectivity index (χ4v) is 2.60. The van der Waals surface area contributed by atoms with Gasteiger partial charge >= 0.3 is 0 Å². The molecule has 0 bridgehead atoms. The molecule has 3 aromatic rings. The van der Waals surface area contributed by atoms with Crippen molar-refractivity contribution in [2.45, 2.75) is 33.2 Å². The molecule has 26 heavy (non-hydrogen) atoms. The van der Waals surface area contributed by atoms with E-state index in [-0.39, 0.29) is 6.04 Å². The van der Waals surface area contributed by atoms with Gasteiger partial charge in [0.15, 0.2) is 0 Å². The van der Waals surface area contributed by atoms with Crippen LogP contribution in [-0.4, -0.2) is 21.0 Å². The number of benzene rings is 1. The van der Waals surface area contributed by atoms with Gasteiger partial charge in [-0.05, 0) is 50.1 Å². The fourth-order valence-electron chi connectivity index (χ4n) is 2.43. The maximum atomic E-state index is 6.14. The Hall–Kier alpha value is -2.66. The zero-order valence-electron chi connectivity index (χ0n) is 15.1. The number of nitrogens with zero attached hydrogens (tertiary/aromatic N) is 3. The molecule has 3 rings (SSSR count). The highest BCUT2D eigenvalue weighted by Gasteiger charge is 2.10. The molecule has 2 heterocycles. The molecule has 0 unspecified atom stereocenters. The Morgan fingerprint density at radius 3 is 2.73 bits per heavy atom. The second-order valence-corrected chi connectivity index (χ2v) is 6.68. The largest absolute Gasteiger partial charge is 0.352 e. The smallest absolute Gasteiger partial charge is 0.225 e. The van der Waals surface area contributed by atoms with Crippen LogP contribution in [0.4, 0.5) is 17.5 Å². The molecule has 2 N–H and O–H groups in total. The zero-order chi connectivity index (χ0) is 18.5. The van der Waals surface area contributed by atoms with E-state index in [0.29, 0.717) is 16.8 Å². The molecular formula is C20H22ClN5. The SMILES string of the molecule is CC[C@@H](C)Nc1nc(Nc2cc(Cl)ccc2C)cc(-c2cccnc2)n1. The van der Waals surface area contributed by atoms with E-state index in [9.17, 15) is 0 Å². The lowest BCUT2D eigenvalue weighted by Crippen LogP contribution is -2.16. The van der Waals surface area contributed by atoms with Crippen LogP contribution in [0.2, 0.25) is 5.02 Å². The third-order valence-corrected chi connectivity index (χ3v) is 4.37. The molecule has 0 amide bonds. The van der Waals surface area contributed by atoms with E-state index in [1.807, 2.05) is 43.3 Å². The highest BCUT2D eigenvalue weighted by Crippen LogP contribution is 2.26. The molecule has 6 heteroatoms. The molecule has 0 spiro atoms. The lowest BCUT2D eigenvalue weighted by atomic mass is 10.2. The van der Waals surface area contributed by atoms with E-state index in [1.165, 1.54) is 0 Å². The van der Waals surface area contributed by atoms with Crippen LogP contribution in [0.5, 0.6) is 0 Å². The summed E-state index contributed by atoms with van der Waals surface area (Å²) in [5, 5.41) is 7.38. The van der Waals surface area contributed by atoms with Crippen LogP contribution in [0, 0.1) is 6.92 Å². The third kappa shape index (κ3) is 4.49. The predicted octanol–water partition coefficient (Wildman–Crippen LogP) is 5.45. The summed E-state index contributed by atoms with van der Waals surface area (Å²) in [6, 6.07) is 11.8. The number of anilines is 3. The maximum Gasteiger partial charge on any atom is 0.225 e. The first-order chi connectivity index (χ1) is 12.5. The Morgan fingerprint density at radius 2 is 2.00 bits per heavy atom. The summed E-state index contributed by atoms with van der Waals surface area (Å²) in [4.78, 5) is 13.4. The van der Waals surface area contributed by atoms with E-state index in [1.54, 1.807) is 12.4 Å². The van der Waals surface area contributed by atoms with Crippen LogP contribution >= 0.6 is 11.6 Å². The van der Waals surface area contributed by atoms with Crippen LogP contribution in [0.15, 0.2) is 48.8 Å². The number of aryl methyl sites for hydroxylation is 1. The van der Waals surface area contributed by atoms with Crippen molar-refractivity contribution < 1.29 is 0 Å². The quantitative estimate of drug-likeness (QED) is 0.606. The summed E-state index contributed by atoms with van der Waals surface area (Å²) in [7, 11) is 0. The number of aromatic nitrogens is 3. The topological polar surface area (TPSA) is 62.7 Å². The average Bonchev–Trinajstić information content (AvgIpc) is 2.65. The van der Waals surface area contributed by atoms with Gasteiger partial charge < -0.3 is 10.6 Å². The summed E-state index contributed by atoms with van der Waals surface area (Å²) in [5.41, 5.74) is 3.75. The first-order valence-electron chi connectivity index (χ1n) is 8.64.